The fraction of sp³-hybridized carbons (Fsp3) is 0.267. The number of sulfonamides is 1. The van der Waals surface area contributed by atoms with Crippen LogP contribution in [0.3, 0.4) is 0 Å². The highest BCUT2D eigenvalue weighted by Crippen LogP contribution is 2.14. The molecule has 118 valence electrons. The smallest absolute Gasteiger partial charge is 0.241 e. The fourth-order valence-corrected chi connectivity index (χ4v) is 2.61. The van der Waals surface area contributed by atoms with Crippen molar-refractivity contribution in [2.45, 2.75) is 11.3 Å². The van der Waals surface area contributed by atoms with Crippen LogP contribution in [0.2, 0.25) is 0 Å². The summed E-state index contributed by atoms with van der Waals surface area (Å²) < 4.78 is 38.3. The summed E-state index contributed by atoms with van der Waals surface area (Å²) in [5.74, 6) is 0.428. The monoisotopic (exact) mass is 323 g/mol. The van der Waals surface area contributed by atoms with Crippen molar-refractivity contribution in [3.63, 3.8) is 0 Å². The van der Waals surface area contributed by atoms with E-state index in [1.807, 2.05) is 11.9 Å². The van der Waals surface area contributed by atoms with Gasteiger partial charge in [0.15, 0.2) is 0 Å². The van der Waals surface area contributed by atoms with Gasteiger partial charge in [-0.3, -0.25) is 0 Å². The van der Waals surface area contributed by atoms with Gasteiger partial charge in [-0.25, -0.2) is 22.5 Å². The average Bonchev–Trinajstić information content (AvgIpc) is 2.54. The minimum absolute atomic E-state index is 0.130. The SMILES string of the molecule is CNS(=O)(=O)c1ccc(N(C)CCc2ccc(F)cc2)nc1. The molecular weight excluding hydrogens is 305 g/mol. The van der Waals surface area contributed by atoms with Crippen LogP contribution < -0.4 is 9.62 Å². The Balaban J connectivity index is 2.01. The Morgan fingerprint density at radius 2 is 1.86 bits per heavy atom. The van der Waals surface area contributed by atoms with E-state index in [0.717, 1.165) is 12.0 Å². The van der Waals surface area contributed by atoms with Crippen molar-refractivity contribution in [2.75, 3.05) is 25.5 Å². The highest BCUT2D eigenvalue weighted by Gasteiger charge is 2.12. The molecule has 1 heterocycles. The predicted octanol–water partition coefficient (Wildman–Crippen LogP) is 1.81. The number of benzene rings is 1. The van der Waals surface area contributed by atoms with Crippen LogP contribution in [0.5, 0.6) is 0 Å². The van der Waals surface area contributed by atoms with E-state index in [-0.39, 0.29) is 10.7 Å². The number of halogens is 1. The second-order valence-electron chi connectivity index (χ2n) is 4.86. The van der Waals surface area contributed by atoms with Gasteiger partial charge in [0.2, 0.25) is 10.0 Å². The van der Waals surface area contributed by atoms with E-state index in [4.69, 9.17) is 0 Å². The third kappa shape index (κ3) is 4.02. The predicted molar refractivity (Wildman–Crippen MR) is 83.9 cm³/mol. The molecule has 0 radical (unpaired) electrons. The molecule has 1 aromatic heterocycles. The van der Waals surface area contributed by atoms with E-state index in [9.17, 15) is 12.8 Å². The highest BCUT2D eigenvalue weighted by molar-refractivity contribution is 7.89. The van der Waals surface area contributed by atoms with Gasteiger partial charge in [0.05, 0.1) is 0 Å². The van der Waals surface area contributed by atoms with E-state index >= 15 is 0 Å². The molecule has 0 bridgehead atoms. The maximum absolute atomic E-state index is 12.8. The Hall–Kier alpha value is -1.99. The quantitative estimate of drug-likeness (QED) is 0.881. The summed E-state index contributed by atoms with van der Waals surface area (Å²) >= 11 is 0. The second-order valence-corrected chi connectivity index (χ2v) is 6.74. The number of rotatable bonds is 6. The van der Waals surface area contributed by atoms with Crippen molar-refractivity contribution in [2.24, 2.45) is 0 Å². The van der Waals surface area contributed by atoms with Crippen molar-refractivity contribution >= 4 is 15.8 Å². The summed E-state index contributed by atoms with van der Waals surface area (Å²) in [5, 5.41) is 0. The number of pyridine rings is 1. The van der Waals surface area contributed by atoms with Crippen molar-refractivity contribution < 1.29 is 12.8 Å². The first-order chi connectivity index (χ1) is 10.4. The highest BCUT2D eigenvalue weighted by atomic mass is 32.2. The van der Waals surface area contributed by atoms with Crippen LogP contribution in [-0.4, -0.2) is 34.0 Å². The van der Waals surface area contributed by atoms with Gasteiger partial charge in [0.1, 0.15) is 16.5 Å². The zero-order chi connectivity index (χ0) is 16.2. The number of anilines is 1. The summed E-state index contributed by atoms with van der Waals surface area (Å²) in [4.78, 5) is 6.21. The van der Waals surface area contributed by atoms with Gasteiger partial charge in [0, 0.05) is 19.8 Å². The van der Waals surface area contributed by atoms with E-state index < -0.39 is 10.0 Å². The van der Waals surface area contributed by atoms with E-state index in [2.05, 4.69) is 9.71 Å². The Morgan fingerprint density at radius 3 is 2.41 bits per heavy atom. The molecule has 1 aromatic carbocycles. The van der Waals surface area contributed by atoms with Gasteiger partial charge in [-0.2, -0.15) is 0 Å². The summed E-state index contributed by atoms with van der Waals surface area (Å²) in [5.41, 5.74) is 1.03. The third-order valence-corrected chi connectivity index (χ3v) is 4.74. The molecule has 0 saturated carbocycles. The van der Waals surface area contributed by atoms with Crippen LogP contribution in [0.15, 0.2) is 47.5 Å². The lowest BCUT2D eigenvalue weighted by molar-refractivity contribution is 0.588. The van der Waals surface area contributed by atoms with Gasteiger partial charge in [-0.1, -0.05) is 12.1 Å². The molecule has 0 fully saturated rings. The van der Waals surface area contributed by atoms with E-state index in [1.165, 1.54) is 31.4 Å². The van der Waals surface area contributed by atoms with Gasteiger partial charge in [-0.05, 0) is 43.3 Å². The Morgan fingerprint density at radius 1 is 1.18 bits per heavy atom. The number of aromatic nitrogens is 1. The van der Waals surface area contributed by atoms with E-state index in [0.29, 0.717) is 12.4 Å². The maximum Gasteiger partial charge on any atom is 0.241 e. The number of nitrogens with zero attached hydrogens (tertiary/aromatic N) is 2. The lowest BCUT2D eigenvalue weighted by Crippen LogP contribution is -2.22. The molecule has 7 heteroatoms. The molecule has 0 aliphatic rings. The van der Waals surface area contributed by atoms with Gasteiger partial charge >= 0.3 is 0 Å². The molecule has 2 aromatic rings. The molecule has 0 unspecified atom stereocenters. The van der Waals surface area contributed by atoms with Crippen LogP contribution in [0, 0.1) is 5.82 Å². The first-order valence-corrected chi connectivity index (χ1v) is 8.26. The largest absolute Gasteiger partial charge is 0.359 e. The van der Waals surface area contributed by atoms with Crippen molar-refractivity contribution in [1.29, 1.82) is 0 Å². The first kappa shape index (κ1) is 16.4. The summed E-state index contributed by atoms with van der Waals surface area (Å²) in [6.07, 6.45) is 2.07. The van der Waals surface area contributed by atoms with Crippen LogP contribution in [0.25, 0.3) is 0 Å². The minimum Gasteiger partial charge on any atom is -0.359 e. The molecular formula is C15H18FN3O2S. The average molecular weight is 323 g/mol. The van der Waals surface area contributed by atoms with Gasteiger partial charge in [0.25, 0.3) is 0 Å². The van der Waals surface area contributed by atoms with Crippen LogP contribution in [0.4, 0.5) is 10.2 Å². The van der Waals surface area contributed by atoms with Crippen molar-refractivity contribution in [3.05, 3.63) is 54.0 Å². The summed E-state index contributed by atoms with van der Waals surface area (Å²) in [7, 11) is -0.234. The van der Waals surface area contributed by atoms with Crippen molar-refractivity contribution in [1.82, 2.24) is 9.71 Å². The molecule has 0 aliphatic heterocycles. The molecule has 5 nitrogen and oxygen atoms in total. The molecule has 0 aliphatic carbocycles. The van der Waals surface area contributed by atoms with Gasteiger partial charge < -0.3 is 4.90 Å². The van der Waals surface area contributed by atoms with Crippen molar-refractivity contribution in [3.8, 4) is 0 Å². The number of hydrogen-bond donors (Lipinski definition) is 1. The van der Waals surface area contributed by atoms with Gasteiger partial charge in [-0.15, -0.1) is 0 Å². The molecule has 0 spiro atoms. The van der Waals surface area contributed by atoms with Crippen LogP contribution in [-0.2, 0) is 16.4 Å². The number of nitrogens with one attached hydrogen (secondary N) is 1. The Bertz CT molecular complexity index is 715. The zero-order valence-electron chi connectivity index (χ0n) is 12.5. The normalized spacial score (nSPS) is 11.4. The standard InChI is InChI=1S/C15H18FN3O2S/c1-17-22(20,21)14-7-8-15(18-11-14)19(2)10-9-12-3-5-13(16)6-4-12/h3-8,11,17H,9-10H2,1-2H3. The molecule has 2 rings (SSSR count). The molecule has 22 heavy (non-hydrogen) atoms. The Labute approximate surface area is 129 Å². The third-order valence-electron chi connectivity index (χ3n) is 3.34. The molecule has 1 N–H and O–H groups in total. The summed E-state index contributed by atoms with van der Waals surface area (Å²) in [6.45, 7) is 0.691. The number of hydrogen-bond acceptors (Lipinski definition) is 4. The lowest BCUT2D eigenvalue weighted by Gasteiger charge is -2.18. The maximum atomic E-state index is 12.8. The summed E-state index contributed by atoms with van der Waals surface area (Å²) in [6, 6.07) is 9.55. The topological polar surface area (TPSA) is 62.3 Å². The fourth-order valence-electron chi connectivity index (χ4n) is 1.94. The van der Waals surface area contributed by atoms with Crippen LogP contribution in [0.1, 0.15) is 5.56 Å². The minimum atomic E-state index is -3.47. The lowest BCUT2D eigenvalue weighted by atomic mass is 10.1. The van der Waals surface area contributed by atoms with E-state index in [1.54, 1.807) is 18.2 Å². The zero-order valence-corrected chi connectivity index (χ0v) is 13.3. The Kier molecular flexibility index (Phi) is 5.10. The molecule has 0 amide bonds. The number of likely N-dealkylation sites (N-methyl/N-ethyl adjacent to an activating group) is 1. The van der Waals surface area contributed by atoms with Crippen LogP contribution >= 0.6 is 0 Å². The molecule has 0 saturated heterocycles. The first-order valence-electron chi connectivity index (χ1n) is 6.77. The molecule has 0 atom stereocenters. The second kappa shape index (κ2) is 6.85.